The summed E-state index contributed by atoms with van der Waals surface area (Å²) < 4.78 is 0. The first-order valence-corrected chi connectivity index (χ1v) is 5.17. The van der Waals surface area contributed by atoms with Crippen LogP contribution in [0, 0.1) is 6.92 Å². The highest BCUT2D eigenvalue weighted by atomic mass is 32.1. The van der Waals surface area contributed by atoms with E-state index in [0.29, 0.717) is 0 Å². The van der Waals surface area contributed by atoms with Crippen LogP contribution in [0.1, 0.15) is 22.7 Å². The van der Waals surface area contributed by atoms with Gasteiger partial charge in [0.2, 0.25) is 0 Å². The molecule has 1 heterocycles. The number of thiophene rings is 1. The summed E-state index contributed by atoms with van der Waals surface area (Å²) in [5, 5.41) is 0. The molecule has 0 bridgehead atoms. The minimum atomic E-state index is -0.274. The molecule has 1 aromatic rings. The summed E-state index contributed by atoms with van der Waals surface area (Å²) in [6.45, 7) is 4.02. The monoisotopic (exact) mass is 213 g/mol. The molecule has 2 amide bonds. The van der Waals surface area contributed by atoms with Crippen molar-refractivity contribution < 1.29 is 4.79 Å². The van der Waals surface area contributed by atoms with Crippen molar-refractivity contribution >= 4 is 17.4 Å². The number of hydrogen-bond donors (Lipinski definition) is 2. The lowest BCUT2D eigenvalue weighted by molar-refractivity contribution is 0.195. The van der Waals surface area contributed by atoms with Gasteiger partial charge in [-0.05, 0) is 26.0 Å². The lowest BCUT2D eigenvalue weighted by Crippen LogP contribution is -2.42. The van der Waals surface area contributed by atoms with Gasteiger partial charge in [0, 0.05) is 16.8 Å². The van der Waals surface area contributed by atoms with Gasteiger partial charge in [0.15, 0.2) is 0 Å². The summed E-state index contributed by atoms with van der Waals surface area (Å²) >= 11 is 1.69. The number of nitrogens with one attached hydrogen (secondary N) is 1. The van der Waals surface area contributed by atoms with Crippen molar-refractivity contribution in [1.82, 2.24) is 10.3 Å². The maximum Gasteiger partial charge on any atom is 0.331 e. The number of hydrogen-bond acceptors (Lipinski definition) is 3. The highest BCUT2D eigenvalue weighted by Gasteiger charge is 2.17. The van der Waals surface area contributed by atoms with Gasteiger partial charge in [0.1, 0.15) is 0 Å². The van der Waals surface area contributed by atoms with E-state index in [2.05, 4.69) is 5.43 Å². The Hall–Kier alpha value is -1.07. The van der Waals surface area contributed by atoms with E-state index in [1.54, 1.807) is 23.3 Å². The number of rotatable bonds is 2. The van der Waals surface area contributed by atoms with Crippen LogP contribution in [0.15, 0.2) is 12.1 Å². The van der Waals surface area contributed by atoms with Crippen molar-refractivity contribution in [3.05, 3.63) is 21.9 Å². The first-order valence-electron chi connectivity index (χ1n) is 4.36. The van der Waals surface area contributed by atoms with Crippen LogP contribution in [-0.4, -0.2) is 18.0 Å². The second-order valence-electron chi connectivity index (χ2n) is 3.18. The Morgan fingerprint density at radius 2 is 2.29 bits per heavy atom. The Labute approximate surface area is 87.7 Å². The average molecular weight is 213 g/mol. The van der Waals surface area contributed by atoms with E-state index in [0.717, 1.165) is 4.88 Å². The molecule has 0 aliphatic rings. The normalized spacial score (nSPS) is 12.3. The molecule has 0 aliphatic heterocycles. The van der Waals surface area contributed by atoms with E-state index >= 15 is 0 Å². The zero-order valence-corrected chi connectivity index (χ0v) is 9.39. The molecule has 0 aliphatic carbocycles. The van der Waals surface area contributed by atoms with Crippen molar-refractivity contribution in [3.8, 4) is 0 Å². The van der Waals surface area contributed by atoms with Gasteiger partial charge in [-0.3, -0.25) is 5.43 Å². The van der Waals surface area contributed by atoms with Crippen molar-refractivity contribution in [2.75, 3.05) is 7.05 Å². The number of aryl methyl sites for hydroxylation is 1. The van der Waals surface area contributed by atoms with Crippen LogP contribution in [0.2, 0.25) is 0 Å². The molecule has 4 nitrogen and oxygen atoms in total. The van der Waals surface area contributed by atoms with E-state index in [1.165, 1.54) is 4.88 Å². The summed E-state index contributed by atoms with van der Waals surface area (Å²) in [7, 11) is 1.72. The highest BCUT2D eigenvalue weighted by Crippen LogP contribution is 2.25. The number of carbonyl (C=O) groups is 1. The standard InChI is InChI=1S/C9H15N3OS/c1-6-4-5-8(14-6)7(2)12(3)9(13)11-10/h4-5,7H,10H2,1-3H3,(H,11,13). The van der Waals surface area contributed by atoms with E-state index in [9.17, 15) is 4.79 Å². The van der Waals surface area contributed by atoms with Gasteiger partial charge in [-0.25, -0.2) is 10.6 Å². The number of urea groups is 1. The smallest absolute Gasteiger partial charge is 0.319 e. The first kappa shape index (κ1) is 11.0. The van der Waals surface area contributed by atoms with Crippen molar-refractivity contribution in [3.63, 3.8) is 0 Å². The Balaban J connectivity index is 2.74. The molecule has 0 spiro atoms. The minimum Gasteiger partial charge on any atom is -0.319 e. The fourth-order valence-corrected chi connectivity index (χ4v) is 2.12. The van der Waals surface area contributed by atoms with Gasteiger partial charge in [0.05, 0.1) is 6.04 Å². The molecule has 1 rings (SSSR count). The van der Waals surface area contributed by atoms with Crippen LogP contribution < -0.4 is 11.3 Å². The molecule has 1 unspecified atom stereocenters. The average Bonchev–Trinajstić information content (AvgIpc) is 2.61. The zero-order valence-electron chi connectivity index (χ0n) is 8.57. The second kappa shape index (κ2) is 4.43. The minimum absolute atomic E-state index is 0.0530. The maximum absolute atomic E-state index is 11.2. The van der Waals surface area contributed by atoms with Gasteiger partial charge in [-0.1, -0.05) is 0 Å². The fourth-order valence-electron chi connectivity index (χ4n) is 1.15. The lowest BCUT2D eigenvalue weighted by Gasteiger charge is -2.23. The molecule has 0 aromatic carbocycles. The quantitative estimate of drug-likeness (QED) is 0.445. The largest absolute Gasteiger partial charge is 0.331 e. The van der Waals surface area contributed by atoms with Gasteiger partial charge >= 0.3 is 6.03 Å². The van der Waals surface area contributed by atoms with Crippen LogP contribution in [0.25, 0.3) is 0 Å². The molecule has 3 N–H and O–H groups in total. The molecule has 0 saturated heterocycles. The van der Waals surface area contributed by atoms with Crippen LogP contribution in [0.5, 0.6) is 0 Å². The molecule has 0 radical (unpaired) electrons. The van der Waals surface area contributed by atoms with Crippen LogP contribution in [-0.2, 0) is 0 Å². The number of hydrazine groups is 1. The molecule has 1 atom stereocenters. The lowest BCUT2D eigenvalue weighted by atomic mass is 10.2. The molecule has 5 heteroatoms. The molecule has 0 fully saturated rings. The predicted octanol–water partition coefficient (Wildman–Crippen LogP) is 1.63. The molecular weight excluding hydrogens is 198 g/mol. The van der Waals surface area contributed by atoms with Gasteiger partial charge in [-0.2, -0.15) is 0 Å². The topological polar surface area (TPSA) is 58.4 Å². The molecular formula is C9H15N3OS. The molecule has 78 valence electrons. The summed E-state index contributed by atoms with van der Waals surface area (Å²) in [4.78, 5) is 15.2. The van der Waals surface area contributed by atoms with E-state index < -0.39 is 0 Å². The second-order valence-corrected chi connectivity index (χ2v) is 4.50. The van der Waals surface area contributed by atoms with E-state index in [4.69, 9.17) is 5.84 Å². The number of nitrogens with zero attached hydrogens (tertiary/aromatic N) is 1. The van der Waals surface area contributed by atoms with E-state index in [-0.39, 0.29) is 12.1 Å². The number of nitrogens with two attached hydrogens (primary N) is 1. The van der Waals surface area contributed by atoms with Crippen molar-refractivity contribution in [1.29, 1.82) is 0 Å². The predicted molar refractivity (Wildman–Crippen MR) is 58.0 cm³/mol. The number of carbonyl (C=O) groups excluding carboxylic acids is 1. The Morgan fingerprint density at radius 3 is 2.71 bits per heavy atom. The SMILES string of the molecule is Cc1ccc(C(C)N(C)C(=O)NN)s1. The first-order chi connectivity index (χ1) is 6.56. The zero-order chi connectivity index (χ0) is 10.7. The summed E-state index contributed by atoms with van der Waals surface area (Å²) in [6, 6.07) is 3.86. The Kier molecular flexibility index (Phi) is 3.49. The molecule has 14 heavy (non-hydrogen) atoms. The van der Waals surface area contributed by atoms with Crippen molar-refractivity contribution in [2.24, 2.45) is 5.84 Å². The fraction of sp³-hybridized carbons (Fsp3) is 0.444. The van der Waals surface area contributed by atoms with Crippen LogP contribution in [0.3, 0.4) is 0 Å². The van der Waals surface area contributed by atoms with Gasteiger partial charge in [0.25, 0.3) is 0 Å². The van der Waals surface area contributed by atoms with Crippen LogP contribution >= 0.6 is 11.3 Å². The van der Waals surface area contributed by atoms with Crippen LogP contribution in [0.4, 0.5) is 4.79 Å². The van der Waals surface area contributed by atoms with Crippen molar-refractivity contribution in [2.45, 2.75) is 19.9 Å². The van der Waals surface area contributed by atoms with Gasteiger partial charge in [-0.15, -0.1) is 11.3 Å². The summed E-state index contributed by atoms with van der Waals surface area (Å²) in [5.41, 5.74) is 2.11. The third kappa shape index (κ3) is 2.24. The third-order valence-electron chi connectivity index (χ3n) is 2.20. The van der Waals surface area contributed by atoms with Gasteiger partial charge < -0.3 is 4.90 Å². The summed E-state index contributed by atoms with van der Waals surface area (Å²) in [5.74, 6) is 5.06. The Morgan fingerprint density at radius 1 is 1.64 bits per heavy atom. The third-order valence-corrected chi connectivity index (χ3v) is 3.37. The maximum atomic E-state index is 11.2. The summed E-state index contributed by atoms with van der Waals surface area (Å²) in [6.07, 6.45) is 0. The Bertz CT molecular complexity index is 324. The highest BCUT2D eigenvalue weighted by molar-refractivity contribution is 7.12. The van der Waals surface area contributed by atoms with E-state index in [1.807, 2.05) is 26.0 Å². The molecule has 0 saturated carbocycles. The molecule has 1 aromatic heterocycles. The number of amides is 2.